The van der Waals surface area contributed by atoms with Gasteiger partial charge in [0.05, 0.1) is 31.4 Å². The topological polar surface area (TPSA) is 76.1 Å². The number of aliphatic hydroxyl groups is 1. The highest BCUT2D eigenvalue weighted by molar-refractivity contribution is 6.51. The maximum Gasteiger partial charge on any atom is 0.300 e. The Bertz CT molecular complexity index is 1270. The van der Waals surface area contributed by atoms with Crippen LogP contribution in [0.2, 0.25) is 0 Å². The lowest BCUT2D eigenvalue weighted by atomic mass is 9.93. The number of ketones is 1. The van der Waals surface area contributed by atoms with Gasteiger partial charge in [0.15, 0.2) is 0 Å². The molecule has 0 aromatic heterocycles. The zero-order valence-electron chi connectivity index (χ0n) is 18.3. The number of benzene rings is 3. The number of halogens is 1. The summed E-state index contributed by atoms with van der Waals surface area (Å²) in [5.74, 6) is -1.77. The van der Waals surface area contributed by atoms with Gasteiger partial charge in [-0.05, 0) is 49.4 Å². The third kappa shape index (κ3) is 3.82. The van der Waals surface area contributed by atoms with Gasteiger partial charge in [-0.1, -0.05) is 29.8 Å². The van der Waals surface area contributed by atoms with Gasteiger partial charge in [-0.25, -0.2) is 4.39 Å². The van der Waals surface area contributed by atoms with Gasteiger partial charge in [0.2, 0.25) is 0 Å². The van der Waals surface area contributed by atoms with Gasteiger partial charge in [0, 0.05) is 11.3 Å². The van der Waals surface area contributed by atoms with Gasteiger partial charge < -0.3 is 14.6 Å². The number of aliphatic hydroxyl groups excluding tert-OH is 1. The molecular weight excluding hydrogens is 425 g/mol. The van der Waals surface area contributed by atoms with Gasteiger partial charge in [-0.3, -0.25) is 14.5 Å². The fraction of sp³-hybridized carbons (Fsp3) is 0.154. The first-order chi connectivity index (χ1) is 15.9. The van der Waals surface area contributed by atoms with E-state index in [1.807, 2.05) is 13.0 Å². The molecule has 3 aromatic rings. The van der Waals surface area contributed by atoms with E-state index in [4.69, 9.17) is 9.47 Å². The lowest BCUT2D eigenvalue weighted by Crippen LogP contribution is -2.29. The molecule has 1 saturated heterocycles. The quantitative estimate of drug-likeness (QED) is 0.346. The fourth-order valence-electron chi connectivity index (χ4n) is 4.04. The van der Waals surface area contributed by atoms with Crippen molar-refractivity contribution < 1.29 is 28.6 Å². The number of anilines is 1. The van der Waals surface area contributed by atoms with Crippen molar-refractivity contribution in [3.8, 4) is 11.5 Å². The Morgan fingerprint density at radius 3 is 2.27 bits per heavy atom. The first-order valence-electron chi connectivity index (χ1n) is 10.2. The van der Waals surface area contributed by atoms with Gasteiger partial charge in [0.1, 0.15) is 23.1 Å². The van der Waals surface area contributed by atoms with E-state index in [0.717, 1.165) is 5.56 Å². The minimum absolute atomic E-state index is 0.113. The van der Waals surface area contributed by atoms with Crippen LogP contribution in [0.25, 0.3) is 5.76 Å². The van der Waals surface area contributed by atoms with Crippen LogP contribution in [-0.2, 0) is 9.59 Å². The summed E-state index contributed by atoms with van der Waals surface area (Å²) in [5.41, 5.74) is 1.81. The van der Waals surface area contributed by atoms with Crippen LogP contribution in [-0.4, -0.2) is 31.0 Å². The second-order valence-corrected chi connectivity index (χ2v) is 7.59. The van der Waals surface area contributed by atoms with E-state index in [1.165, 1.54) is 43.4 Å². The molecule has 7 heteroatoms. The molecule has 4 rings (SSSR count). The molecule has 1 N–H and O–H groups in total. The number of rotatable bonds is 5. The molecule has 0 saturated carbocycles. The number of nitrogens with zero attached hydrogens (tertiary/aromatic N) is 1. The van der Waals surface area contributed by atoms with Crippen molar-refractivity contribution in [1.82, 2.24) is 0 Å². The summed E-state index contributed by atoms with van der Waals surface area (Å²) in [6, 6.07) is 16.3. The second kappa shape index (κ2) is 8.78. The van der Waals surface area contributed by atoms with Gasteiger partial charge in [-0.2, -0.15) is 0 Å². The molecule has 1 fully saturated rings. The van der Waals surface area contributed by atoms with Crippen LogP contribution in [0.3, 0.4) is 0 Å². The van der Waals surface area contributed by atoms with E-state index in [2.05, 4.69) is 0 Å². The van der Waals surface area contributed by atoms with Crippen LogP contribution in [0.4, 0.5) is 10.1 Å². The first-order valence-corrected chi connectivity index (χ1v) is 10.2. The molecule has 1 atom stereocenters. The number of hydrogen-bond donors (Lipinski definition) is 1. The monoisotopic (exact) mass is 447 g/mol. The Morgan fingerprint density at radius 2 is 1.61 bits per heavy atom. The first kappa shape index (κ1) is 22.1. The van der Waals surface area contributed by atoms with Crippen LogP contribution >= 0.6 is 0 Å². The summed E-state index contributed by atoms with van der Waals surface area (Å²) in [6.45, 7) is 1.84. The van der Waals surface area contributed by atoms with Gasteiger partial charge in [-0.15, -0.1) is 0 Å². The van der Waals surface area contributed by atoms with E-state index in [1.54, 1.807) is 36.4 Å². The average molecular weight is 447 g/mol. The van der Waals surface area contributed by atoms with Crippen molar-refractivity contribution in [2.75, 3.05) is 19.1 Å². The van der Waals surface area contributed by atoms with Crippen molar-refractivity contribution in [1.29, 1.82) is 0 Å². The van der Waals surface area contributed by atoms with E-state index >= 15 is 0 Å². The summed E-state index contributed by atoms with van der Waals surface area (Å²) in [5, 5.41) is 11.3. The Kier molecular flexibility index (Phi) is 5.87. The number of para-hydroxylation sites is 1. The lowest BCUT2D eigenvalue weighted by molar-refractivity contribution is -0.132. The molecule has 1 aliphatic rings. The molecule has 0 bridgehead atoms. The zero-order chi connectivity index (χ0) is 23.7. The van der Waals surface area contributed by atoms with E-state index in [-0.39, 0.29) is 16.9 Å². The fourth-order valence-corrected chi connectivity index (χ4v) is 4.04. The molecule has 0 aliphatic carbocycles. The Labute approximate surface area is 190 Å². The predicted octanol–water partition coefficient (Wildman–Crippen LogP) is 4.78. The maximum atomic E-state index is 13.6. The average Bonchev–Trinajstić information content (AvgIpc) is 3.09. The standard InChI is InChI=1S/C26H22FNO5/c1-15-8-13-21(33-3)19(14-15)24(29)22-23(18-6-4-5-7-20(18)32-2)28(26(31)25(22)30)17-11-9-16(27)10-12-17/h4-14,23,29H,1-3H3/b24-22+. The minimum atomic E-state index is -1.00. The number of carbonyl (C=O) groups excluding carboxylic acids is 2. The highest BCUT2D eigenvalue weighted by Crippen LogP contribution is 2.45. The number of aryl methyl sites for hydroxylation is 1. The van der Waals surface area contributed by atoms with Crippen molar-refractivity contribution in [3.05, 3.63) is 94.8 Å². The summed E-state index contributed by atoms with van der Waals surface area (Å²) in [4.78, 5) is 27.7. The molecule has 168 valence electrons. The van der Waals surface area contributed by atoms with Crippen LogP contribution in [0.1, 0.15) is 22.7 Å². The number of carbonyl (C=O) groups is 2. The number of ether oxygens (including phenoxy) is 2. The van der Waals surface area contributed by atoms with Crippen LogP contribution < -0.4 is 14.4 Å². The molecule has 1 unspecified atom stereocenters. The van der Waals surface area contributed by atoms with Crippen molar-refractivity contribution >= 4 is 23.1 Å². The summed E-state index contributed by atoms with van der Waals surface area (Å²) < 4.78 is 24.5. The molecule has 0 radical (unpaired) electrons. The Balaban J connectivity index is 2.02. The SMILES string of the molecule is COc1ccc(C)cc1/C(O)=C1\C(=O)C(=O)N(c2ccc(F)cc2)C1c1ccccc1OC. The number of methoxy groups -OCH3 is 2. The molecule has 3 aromatic carbocycles. The van der Waals surface area contributed by atoms with Crippen LogP contribution in [0.15, 0.2) is 72.3 Å². The van der Waals surface area contributed by atoms with Crippen LogP contribution in [0.5, 0.6) is 11.5 Å². The number of amides is 1. The summed E-state index contributed by atoms with van der Waals surface area (Å²) in [6.07, 6.45) is 0. The number of hydrogen-bond acceptors (Lipinski definition) is 5. The molecule has 1 aliphatic heterocycles. The van der Waals surface area contributed by atoms with Gasteiger partial charge >= 0.3 is 0 Å². The molecule has 33 heavy (non-hydrogen) atoms. The minimum Gasteiger partial charge on any atom is -0.507 e. The largest absolute Gasteiger partial charge is 0.507 e. The van der Waals surface area contributed by atoms with E-state index < -0.39 is 23.5 Å². The van der Waals surface area contributed by atoms with Gasteiger partial charge in [0.25, 0.3) is 11.7 Å². The third-order valence-corrected chi connectivity index (χ3v) is 5.59. The maximum absolute atomic E-state index is 13.6. The molecule has 0 spiro atoms. The third-order valence-electron chi connectivity index (χ3n) is 5.59. The van der Waals surface area contributed by atoms with E-state index in [9.17, 15) is 19.1 Å². The lowest BCUT2D eigenvalue weighted by Gasteiger charge is -2.26. The van der Waals surface area contributed by atoms with Crippen molar-refractivity contribution in [3.63, 3.8) is 0 Å². The summed E-state index contributed by atoms with van der Waals surface area (Å²) in [7, 11) is 2.93. The zero-order valence-corrected chi connectivity index (χ0v) is 18.3. The molecular formula is C26H22FNO5. The number of Topliss-reactive ketones (excluding diaryl/α,β-unsaturated/α-hetero) is 1. The van der Waals surface area contributed by atoms with Crippen LogP contribution in [0, 0.1) is 12.7 Å². The van der Waals surface area contributed by atoms with E-state index in [0.29, 0.717) is 22.7 Å². The Morgan fingerprint density at radius 1 is 0.939 bits per heavy atom. The molecule has 6 nitrogen and oxygen atoms in total. The predicted molar refractivity (Wildman–Crippen MR) is 122 cm³/mol. The second-order valence-electron chi connectivity index (χ2n) is 7.59. The highest BCUT2D eigenvalue weighted by atomic mass is 19.1. The molecule has 1 amide bonds. The van der Waals surface area contributed by atoms with Crippen molar-refractivity contribution in [2.45, 2.75) is 13.0 Å². The normalized spacial score (nSPS) is 17.3. The Hall–Kier alpha value is -4.13. The smallest absolute Gasteiger partial charge is 0.300 e. The highest BCUT2D eigenvalue weighted by Gasteiger charge is 2.48. The van der Waals surface area contributed by atoms with Crippen molar-refractivity contribution in [2.24, 2.45) is 0 Å². The summed E-state index contributed by atoms with van der Waals surface area (Å²) >= 11 is 0. The molecule has 1 heterocycles.